The van der Waals surface area contributed by atoms with E-state index in [9.17, 15) is 9.18 Å². The highest BCUT2D eigenvalue weighted by molar-refractivity contribution is 5.91. The molecule has 3 rings (SSSR count). The van der Waals surface area contributed by atoms with Gasteiger partial charge in [-0.3, -0.25) is 4.79 Å². The Morgan fingerprint density at radius 1 is 1.26 bits per heavy atom. The first-order valence-corrected chi connectivity index (χ1v) is 8.97. The SMILES string of the molecule is CCCOc1ccc(/C=C/C(=O)NCCc2nc3ccc(F)cc3[nH]2)cc1. The lowest BCUT2D eigenvalue weighted by atomic mass is 10.2. The lowest BCUT2D eigenvalue weighted by Crippen LogP contribution is -2.23. The first-order chi connectivity index (χ1) is 13.1. The highest BCUT2D eigenvalue weighted by Gasteiger charge is 2.04. The minimum absolute atomic E-state index is 0.177. The second-order valence-electron chi connectivity index (χ2n) is 6.14. The number of nitrogens with zero attached hydrogens (tertiary/aromatic N) is 1. The number of carbonyl (C=O) groups excluding carboxylic acids is 1. The van der Waals surface area contributed by atoms with Gasteiger partial charge in [-0.25, -0.2) is 9.37 Å². The number of imidazole rings is 1. The highest BCUT2D eigenvalue weighted by atomic mass is 19.1. The van der Waals surface area contributed by atoms with Crippen molar-refractivity contribution in [3.8, 4) is 5.75 Å². The van der Waals surface area contributed by atoms with E-state index in [2.05, 4.69) is 22.2 Å². The van der Waals surface area contributed by atoms with E-state index < -0.39 is 0 Å². The first kappa shape index (κ1) is 18.6. The first-order valence-electron chi connectivity index (χ1n) is 8.97. The van der Waals surface area contributed by atoms with Gasteiger partial charge in [-0.05, 0) is 48.4 Å². The van der Waals surface area contributed by atoms with Crippen molar-refractivity contribution in [1.82, 2.24) is 15.3 Å². The summed E-state index contributed by atoms with van der Waals surface area (Å²) in [5.74, 6) is 1.05. The van der Waals surface area contributed by atoms with Crippen molar-refractivity contribution in [2.75, 3.05) is 13.2 Å². The Morgan fingerprint density at radius 2 is 2.07 bits per heavy atom. The molecule has 0 radical (unpaired) electrons. The van der Waals surface area contributed by atoms with E-state index in [0.717, 1.165) is 17.7 Å². The Kier molecular flexibility index (Phi) is 6.20. The van der Waals surface area contributed by atoms with Crippen molar-refractivity contribution < 1.29 is 13.9 Å². The quantitative estimate of drug-likeness (QED) is 0.594. The van der Waals surface area contributed by atoms with Crippen LogP contribution in [0.5, 0.6) is 5.75 Å². The molecule has 0 spiro atoms. The average Bonchev–Trinajstić information content (AvgIpc) is 3.07. The van der Waals surface area contributed by atoms with Crippen LogP contribution in [0.2, 0.25) is 0 Å². The maximum atomic E-state index is 13.2. The van der Waals surface area contributed by atoms with Gasteiger partial charge in [0, 0.05) is 19.0 Å². The molecule has 5 nitrogen and oxygen atoms in total. The fourth-order valence-corrected chi connectivity index (χ4v) is 2.58. The number of aromatic nitrogens is 2. The molecule has 0 saturated carbocycles. The molecule has 140 valence electrons. The Balaban J connectivity index is 1.46. The summed E-state index contributed by atoms with van der Waals surface area (Å²) in [5, 5.41) is 2.81. The third-order valence-corrected chi connectivity index (χ3v) is 3.93. The number of fused-ring (bicyclic) bond motifs is 1. The topological polar surface area (TPSA) is 67.0 Å². The van der Waals surface area contributed by atoms with Gasteiger partial charge in [-0.1, -0.05) is 19.1 Å². The number of halogens is 1. The second kappa shape index (κ2) is 8.98. The minimum Gasteiger partial charge on any atom is -0.494 e. The van der Waals surface area contributed by atoms with Crippen LogP contribution in [0.15, 0.2) is 48.5 Å². The van der Waals surface area contributed by atoms with Crippen molar-refractivity contribution in [2.24, 2.45) is 0 Å². The molecule has 0 aliphatic rings. The summed E-state index contributed by atoms with van der Waals surface area (Å²) in [6.45, 7) is 3.19. The van der Waals surface area contributed by atoms with Crippen LogP contribution in [0.3, 0.4) is 0 Å². The molecule has 1 heterocycles. The van der Waals surface area contributed by atoms with Crippen molar-refractivity contribution in [1.29, 1.82) is 0 Å². The predicted octanol–water partition coefficient (Wildman–Crippen LogP) is 3.86. The lowest BCUT2D eigenvalue weighted by Gasteiger charge is -2.04. The predicted molar refractivity (Wildman–Crippen MR) is 104 cm³/mol. The molecule has 0 bridgehead atoms. The number of aromatic amines is 1. The minimum atomic E-state index is -0.305. The zero-order valence-electron chi connectivity index (χ0n) is 15.2. The zero-order valence-corrected chi connectivity index (χ0v) is 15.2. The van der Waals surface area contributed by atoms with E-state index in [1.807, 2.05) is 24.3 Å². The van der Waals surface area contributed by atoms with E-state index in [-0.39, 0.29) is 11.7 Å². The number of benzene rings is 2. The van der Waals surface area contributed by atoms with E-state index in [0.29, 0.717) is 36.4 Å². The van der Waals surface area contributed by atoms with Crippen LogP contribution in [0.25, 0.3) is 17.1 Å². The molecule has 3 aromatic rings. The number of carbonyl (C=O) groups is 1. The van der Waals surface area contributed by atoms with Crippen molar-refractivity contribution in [2.45, 2.75) is 19.8 Å². The molecule has 2 aromatic carbocycles. The van der Waals surface area contributed by atoms with Crippen LogP contribution >= 0.6 is 0 Å². The summed E-state index contributed by atoms with van der Waals surface area (Å²) in [4.78, 5) is 19.4. The molecule has 0 aliphatic carbocycles. The number of hydrogen-bond donors (Lipinski definition) is 2. The van der Waals surface area contributed by atoms with Gasteiger partial charge in [-0.2, -0.15) is 0 Å². The van der Waals surface area contributed by atoms with Gasteiger partial charge in [0.2, 0.25) is 5.91 Å². The molecule has 0 unspecified atom stereocenters. The zero-order chi connectivity index (χ0) is 19.1. The van der Waals surface area contributed by atoms with Crippen molar-refractivity contribution in [3.05, 3.63) is 65.7 Å². The third kappa shape index (κ3) is 5.41. The van der Waals surface area contributed by atoms with Gasteiger partial charge >= 0.3 is 0 Å². The molecule has 0 atom stereocenters. The summed E-state index contributed by atoms with van der Waals surface area (Å²) in [6.07, 6.45) is 4.75. The van der Waals surface area contributed by atoms with Crippen molar-refractivity contribution >= 4 is 23.0 Å². The van der Waals surface area contributed by atoms with Crippen LogP contribution in [0.1, 0.15) is 24.7 Å². The molecule has 0 aliphatic heterocycles. The van der Waals surface area contributed by atoms with E-state index in [4.69, 9.17) is 4.74 Å². The summed E-state index contributed by atoms with van der Waals surface area (Å²) < 4.78 is 18.7. The highest BCUT2D eigenvalue weighted by Crippen LogP contribution is 2.14. The van der Waals surface area contributed by atoms with Crippen LogP contribution in [0.4, 0.5) is 4.39 Å². The molecule has 0 saturated heterocycles. The molecule has 1 amide bonds. The Labute approximate surface area is 157 Å². The van der Waals surface area contributed by atoms with E-state index >= 15 is 0 Å². The van der Waals surface area contributed by atoms with Gasteiger partial charge in [0.05, 0.1) is 17.6 Å². The normalized spacial score (nSPS) is 11.2. The summed E-state index contributed by atoms with van der Waals surface area (Å²) in [5.41, 5.74) is 2.29. The second-order valence-corrected chi connectivity index (χ2v) is 6.14. The van der Waals surface area contributed by atoms with Crippen LogP contribution in [0, 0.1) is 5.82 Å². The monoisotopic (exact) mass is 367 g/mol. The number of ether oxygens (including phenoxy) is 1. The van der Waals surface area contributed by atoms with E-state index in [1.54, 1.807) is 12.1 Å². The molecular weight excluding hydrogens is 345 g/mol. The Hall–Kier alpha value is -3.15. The number of H-pyrrole nitrogens is 1. The number of amides is 1. The number of nitrogens with one attached hydrogen (secondary N) is 2. The van der Waals surface area contributed by atoms with Gasteiger partial charge in [-0.15, -0.1) is 0 Å². The largest absolute Gasteiger partial charge is 0.494 e. The number of rotatable bonds is 8. The standard InChI is InChI=1S/C21H22FN3O2/c1-2-13-27-17-7-3-15(4-8-17)5-10-21(26)23-12-11-20-24-18-9-6-16(22)14-19(18)25-20/h3-10,14H,2,11-13H2,1H3,(H,23,26)(H,24,25)/b10-5+. The van der Waals surface area contributed by atoms with Crippen molar-refractivity contribution in [3.63, 3.8) is 0 Å². The fraction of sp³-hybridized carbons (Fsp3) is 0.238. The number of hydrogen-bond acceptors (Lipinski definition) is 3. The fourth-order valence-electron chi connectivity index (χ4n) is 2.58. The van der Waals surface area contributed by atoms with Gasteiger partial charge in [0.1, 0.15) is 17.4 Å². The maximum absolute atomic E-state index is 13.2. The average molecular weight is 367 g/mol. The molecule has 6 heteroatoms. The lowest BCUT2D eigenvalue weighted by molar-refractivity contribution is -0.116. The molecule has 27 heavy (non-hydrogen) atoms. The molecule has 2 N–H and O–H groups in total. The molecular formula is C21H22FN3O2. The summed E-state index contributed by atoms with van der Waals surface area (Å²) in [6, 6.07) is 12.0. The third-order valence-electron chi connectivity index (χ3n) is 3.93. The molecule has 1 aromatic heterocycles. The van der Waals surface area contributed by atoms with Crippen LogP contribution < -0.4 is 10.1 Å². The maximum Gasteiger partial charge on any atom is 0.244 e. The van der Waals surface area contributed by atoms with Gasteiger partial charge < -0.3 is 15.0 Å². The Bertz CT molecular complexity index is 932. The summed E-state index contributed by atoms with van der Waals surface area (Å²) in [7, 11) is 0. The molecule has 0 fully saturated rings. The van der Waals surface area contributed by atoms with E-state index in [1.165, 1.54) is 18.2 Å². The van der Waals surface area contributed by atoms with Gasteiger partial charge in [0.15, 0.2) is 0 Å². The van der Waals surface area contributed by atoms with Crippen LogP contribution in [-0.4, -0.2) is 29.0 Å². The van der Waals surface area contributed by atoms with Crippen LogP contribution in [-0.2, 0) is 11.2 Å². The Morgan fingerprint density at radius 3 is 2.85 bits per heavy atom. The smallest absolute Gasteiger partial charge is 0.244 e. The van der Waals surface area contributed by atoms with Gasteiger partial charge in [0.25, 0.3) is 0 Å². The summed E-state index contributed by atoms with van der Waals surface area (Å²) >= 11 is 0.